The minimum absolute atomic E-state index is 0.0430. The molecule has 3 amide bonds. The molecular formula is C17H22FN3O4. The molecular weight excluding hydrogens is 329 g/mol. The normalized spacial score (nSPS) is 12.8. The van der Waals surface area contributed by atoms with E-state index in [2.05, 4.69) is 10.6 Å². The first kappa shape index (κ1) is 20.3. The van der Waals surface area contributed by atoms with Crippen LogP contribution >= 0.6 is 0 Å². The Morgan fingerprint density at radius 3 is 2.32 bits per heavy atom. The summed E-state index contributed by atoms with van der Waals surface area (Å²) < 4.78 is 13.3. The Labute approximate surface area is 145 Å². The first-order valence-corrected chi connectivity index (χ1v) is 7.79. The molecule has 0 saturated heterocycles. The first-order valence-electron chi connectivity index (χ1n) is 7.79. The summed E-state index contributed by atoms with van der Waals surface area (Å²) in [6.45, 7) is 2.61. The lowest BCUT2D eigenvalue weighted by Gasteiger charge is -2.21. The van der Waals surface area contributed by atoms with Crippen LogP contribution in [0, 0.1) is 5.82 Å². The Morgan fingerprint density at radius 2 is 1.80 bits per heavy atom. The third-order valence-electron chi connectivity index (χ3n) is 3.47. The van der Waals surface area contributed by atoms with Gasteiger partial charge in [0.05, 0.1) is 0 Å². The number of carbonyl (C=O) groups excluding carboxylic acids is 4. The summed E-state index contributed by atoms with van der Waals surface area (Å²) in [5.74, 6) is -2.46. The first-order chi connectivity index (χ1) is 11.7. The topological polar surface area (TPSA) is 118 Å². The molecule has 0 heterocycles. The van der Waals surface area contributed by atoms with Gasteiger partial charge in [-0.25, -0.2) is 4.39 Å². The number of primary amides is 1. The van der Waals surface area contributed by atoms with Gasteiger partial charge in [0.15, 0.2) is 0 Å². The fraction of sp³-hybridized carbons (Fsp3) is 0.412. The van der Waals surface area contributed by atoms with Gasteiger partial charge in [-0.15, -0.1) is 0 Å². The second kappa shape index (κ2) is 9.51. The second-order valence-corrected chi connectivity index (χ2v) is 5.79. The average molecular weight is 351 g/mol. The number of amides is 3. The second-order valence-electron chi connectivity index (χ2n) is 5.79. The molecule has 0 saturated carbocycles. The minimum atomic E-state index is -1.03. The number of rotatable bonds is 9. The van der Waals surface area contributed by atoms with E-state index in [0.717, 1.165) is 0 Å². The maximum absolute atomic E-state index is 13.3. The number of ketones is 1. The Kier molecular flexibility index (Phi) is 7.71. The van der Waals surface area contributed by atoms with Gasteiger partial charge in [-0.1, -0.05) is 12.1 Å². The van der Waals surface area contributed by atoms with E-state index < -0.39 is 35.6 Å². The largest absolute Gasteiger partial charge is 0.368 e. The molecule has 0 aliphatic carbocycles. The van der Waals surface area contributed by atoms with Gasteiger partial charge in [-0.2, -0.15) is 0 Å². The van der Waals surface area contributed by atoms with Crippen molar-refractivity contribution in [3.8, 4) is 0 Å². The van der Waals surface area contributed by atoms with Gasteiger partial charge in [0.2, 0.25) is 17.7 Å². The van der Waals surface area contributed by atoms with E-state index in [1.54, 1.807) is 6.07 Å². The van der Waals surface area contributed by atoms with Crippen molar-refractivity contribution in [3.63, 3.8) is 0 Å². The van der Waals surface area contributed by atoms with Crippen LogP contribution in [0.2, 0.25) is 0 Å². The molecule has 136 valence electrons. The van der Waals surface area contributed by atoms with E-state index in [0.29, 0.717) is 5.56 Å². The molecule has 4 N–H and O–H groups in total. The monoisotopic (exact) mass is 351 g/mol. The van der Waals surface area contributed by atoms with Crippen molar-refractivity contribution >= 4 is 23.5 Å². The molecule has 0 aliphatic heterocycles. The molecule has 0 aliphatic rings. The fourth-order valence-electron chi connectivity index (χ4n) is 2.26. The molecule has 0 unspecified atom stereocenters. The highest BCUT2D eigenvalue weighted by molar-refractivity contribution is 5.91. The van der Waals surface area contributed by atoms with Crippen LogP contribution in [0.15, 0.2) is 24.3 Å². The highest BCUT2D eigenvalue weighted by atomic mass is 19.1. The molecule has 25 heavy (non-hydrogen) atoms. The fourth-order valence-corrected chi connectivity index (χ4v) is 2.26. The molecule has 2 atom stereocenters. The van der Waals surface area contributed by atoms with E-state index in [4.69, 9.17) is 5.73 Å². The van der Waals surface area contributed by atoms with E-state index in [9.17, 15) is 23.6 Å². The zero-order valence-electron chi connectivity index (χ0n) is 14.2. The van der Waals surface area contributed by atoms with Crippen LogP contribution in [0.1, 0.15) is 32.3 Å². The molecule has 7 nitrogen and oxygen atoms in total. The molecule has 1 aromatic carbocycles. The van der Waals surface area contributed by atoms with Crippen LogP contribution < -0.4 is 16.4 Å². The summed E-state index contributed by atoms with van der Waals surface area (Å²) >= 11 is 0. The Bertz CT molecular complexity index is 663. The minimum Gasteiger partial charge on any atom is -0.368 e. The number of hydrogen-bond donors (Lipinski definition) is 3. The maximum atomic E-state index is 13.3. The lowest BCUT2D eigenvalue weighted by atomic mass is 10.0. The lowest BCUT2D eigenvalue weighted by molar-refractivity contribution is -0.131. The van der Waals surface area contributed by atoms with Gasteiger partial charge in [0.25, 0.3) is 0 Å². The van der Waals surface area contributed by atoms with E-state index in [1.165, 1.54) is 32.0 Å². The van der Waals surface area contributed by atoms with Crippen molar-refractivity contribution in [3.05, 3.63) is 35.6 Å². The van der Waals surface area contributed by atoms with E-state index in [-0.39, 0.29) is 25.0 Å². The highest BCUT2D eigenvalue weighted by Crippen LogP contribution is 2.08. The van der Waals surface area contributed by atoms with Gasteiger partial charge >= 0.3 is 0 Å². The van der Waals surface area contributed by atoms with Crippen molar-refractivity contribution in [2.75, 3.05) is 0 Å². The zero-order chi connectivity index (χ0) is 19.0. The number of nitrogens with two attached hydrogens (primary N) is 1. The average Bonchev–Trinajstić information content (AvgIpc) is 2.49. The number of nitrogens with one attached hydrogen (secondary N) is 2. The Balaban J connectivity index is 2.85. The quantitative estimate of drug-likeness (QED) is 0.589. The van der Waals surface area contributed by atoms with E-state index in [1.807, 2.05) is 0 Å². The highest BCUT2D eigenvalue weighted by Gasteiger charge is 2.25. The predicted octanol–water partition coefficient (Wildman–Crippen LogP) is 0.212. The van der Waals surface area contributed by atoms with Crippen molar-refractivity contribution in [1.29, 1.82) is 0 Å². The molecule has 0 aromatic heterocycles. The smallest absolute Gasteiger partial charge is 0.243 e. The zero-order valence-corrected chi connectivity index (χ0v) is 14.2. The van der Waals surface area contributed by atoms with Crippen LogP contribution in [-0.2, 0) is 25.6 Å². The number of halogens is 1. The summed E-state index contributed by atoms with van der Waals surface area (Å²) in [6.07, 6.45) is 0.202. The van der Waals surface area contributed by atoms with Gasteiger partial charge in [-0.3, -0.25) is 14.4 Å². The van der Waals surface area contributed by atoms with Crippen molar-refractivity contribution < 1.29 is 23.6 Å². The Morgan fingerprint density at radius 1 is 1.12 bits per heavy atom. The number of benzene rings is 1. The van der Waals surface area contributed by atoms with Crippen molar-refractivity contribution in [2.24, 2.45) is 5.73 Å². The SMILES string of the molecule is CC(=O)CC[C@@H](NC(=O)[C@@H](Cc1cccc(F)c1)NC(C)=O)C(N)=O. The van der Waals surface area contributed by atoms with Crippen LogP contribution in [0.25, 0.3) is 0 Å². The number of Topliss-reactive ketones (excluding diaryl/α,β-unsaturated/α-hetero) is 1. The van der Waals surface area contributed by atoms with Crippen LogP contribution in [0.4, 0.5) is 4.39 Å². The molecule has 1 aromatic rings. The summed E-state index contributed by atoms with van der Waals surface area (Å²) in [4.78, 5) is 46.3. The molecule has 0 fully saturated rings. The number of carbonyl (C=O) groups is 4. The third kappa shape index (κ3) is 7.56. The van der Waals surface area contributed by atoms with Gasteiger partial charge in [0.1, 0.15) is 23.7 Å². The Hall–Kier alpha value is -2.77. The summed E-state index contributed by atoms with van der Waals surface area (Å²) in [7, 11) is 0. The van der Waals surface area contributed by atoms with Crippen LogP contribution in [-0.4, -0.2) is 35.6 Å². The third-order valence-corrected chi connectivity index (χ3v) is 3.47. The lowest BCUT2D eigenvalue weighted by Crippen LogP contribution is -2.53. The van der Waals surface area contributed by atoms with Crippen LogP contribution in [0.5, 0.6) is 0 Å². The van der Waals surface area contributed by atoms with Crippen LogP contribution in [0.3, 0.4) is 0 Å². The van der Waals surface area contributed by atoms with Crippen molar-refractivity contribution in [1.82, 2.24) is 10.6 Å². The molecule has 0 spiro atoms. The molecule has 8 heteroatoms. The summed E-state index contributed by atoms with van der Waals surface area (Å²) in [5, 5.41) is 4.90. The summed E-state index contributed by atoms with van der Waals surface area (Å²) in [5.41, 5.74) is 5.75. The van der Waals surface area contributed by atoms with E-state index >= 15 is 0 Å². The van der Waals surface area contributed by atoms with Gasteiger partial charge < -0.3 is 21.2 Å². The van der Waals surface area contributed by atoms with Gasteiger partial charge in [-0.05, 0) is 31.0 Å². The standard InChI is InChI=1S/C17H22FN3O4/c1-10(22)6-7-14(16(19)24)21-17(25)15(20-11(2)23)9-12-4-3-5-13(18)8-12/h3-5,8,14-15H,6-7,9H2,1-2H3,(H2,19,24)(H,20,23)(H,21,25)/t14-,15-/m1/s1. The summed E-state index contributed by atoms with van der Waals surface area (Å²) in [6, 6.07) is 3.60. The van der Waals surface area contributed by atoms with Gasteiger partial charge in [0, 0.05) is 19.8 Å². The van der Waals surface area contributed by atoms with Crippen molar-refractivity contribution in [2.45, 2.75) is 45.2 Å². The predicted molar refractivity (Wildman–Crippen MR) is 88.7 cm³/mol. The molecule has 0 radical (unpaired) electrons. The number of hydrogen-bond acceptors (Lipinski definition) is 4. The maximum Gasteiger partial charge on any atom is 0.243 e. The molecule has 0 bridgehead atoms. The molecule has 1 rings (SSSR count).